The minimum absolute atomic E-state index is 0.134. The highest BCUT2D eigenvalue weighted by molar-refractivity contribution is 7.89. The fourth-order valence-corrected chi connectivity index (χ4v) is 5.72. The molecule has 7 nitrogen and oxygen atoms in total. The highest BCUT2D eigenvalue weighted by atomic mass is 32.2. The van der Waals surface area contributed by atoms with Crippen molar-refractivity contribution in [1.82, 2.24) is 9.21 Å². The van der Waals surface area contributed by atoms with Crippen molar-refractivity contribution in [2.45, 2.75) is 16.9 Å². The topological polar surface area (TPSA) is 70.2 Å². The number of piperazine rings is 1. The summed E-state index contributed by atoms with van der Waals surface area (Å²) in [4.78, 5) is 16.3. The molecular weight excluding hydrogens is 409 g/mol. The minimum atomic E-state index is -3.68. The molecule has 1 unspecified atom stereocenters. The highest BCUT2D eigenvalue weighted by Crippen LogP contribution is 2.36. The number of nitrogens with zero attached hydrogens (tertiary/aromatic N) is 3. The fraction of sp³-hybridized carbons (Fsp3) is 0.381. The lowest BCUT2D eigenvalue weighted by Gasteiger charge is -2.46. The number of carbonyl (C=O) groups is 1. The molecule has 160 valence electrons. The zero-order valence-corrected chi connectivity index (χ0v) is 17.7. The summed E-state index contributed by atoms with van der Waals surface area (Å²) in [7, 11) is -0.313. The number of rotatable bonds is 4. The molecule has 1 atom stereocenters. The third-order valence-corrected chi connectivity index (χ3v) is 7.91. The lowest BCUT2D eigenvalue weighted by Crippen LogP contribution is -2.64. The number of amides is 1. The molecule has 2 aliphatic heterocycles. The number of sulfonamides is 1. The zero-order chi connectivity index (χ0) is 21.5. The van der Waals surface area contributed by atoms with E-state index in [9.17, 15) is 17.6 Å². The molecule has 1 amide bonds. The minimum Gasteiger partial charge on any atom is -0.497 e. The predicted molar refractivity (Wildman–Crippen MR) is 110 cm³/mol. The van der Waals surface area contributed by atoms with Crippen LogP contribution in [0.15, 0.2) is 53.4 Å². The Bertz CT molecular complexity index is 1060. The average molecular weight is 434 g/mol. The van der Waals surface area contributed by atoms with E-state index < -0.39 is 21.4 Å². The van der Waals surface area contributed by atoms with Crippen LogP contribution in [0.4, 0.5) is 10.1 Å². The van der Waals surface area contributed by atoms with Crippen LogP contribution < -0.4 is 9.64 Å². The van der Waals surface area contributed by atoms with Crippen molar-refractivity contribution < 1.29 is 22.3 Å². The van der Waals surface area contributed by atoms with Crippen LogP contribution in [0.5, 0.6) is 5.75 Å². The maximum Gasteiger partial charge on any atom is 0.243 e. The monoisotopic (exact) mass is 433 g/mol. The van der Waals surface area contributed by atoms with E-state index in [1.165, 1.54) is 35.7 Å². The number of benzene rings is 2. The van der Waals surface area contributed by atoms with Gasteiger partial charge in [0, 0.05) is 25.3 Å². The second-order valence-corrected chi connectivity index (χ2v) is 9.74. The van der Waals surface area contributed by atoms with Crippen LogP contribution in [0, 0.1) is 5.82 Å². The van der Waals surface area contributed by atoms with Crippen molar-refractivity contribution in [2.24, 2.45) is 0 Å². The van der Waals surface area contributed by atoms with Crippen molar-refractivity contribution in [2.75, 3.05) is 45.2 Å². The van der Waals surface area contributed by atoms with Gasteiger partial charge >= 0.3 is 0 Å². The van der Waals surface area contributed by atoms with Crippen LogP contribution in [0.1, 0.15) is 6.42 Å². The van der Waals surface area contributed by atoms with Crippen LogP contribution in [-0.2, 0) is 14.8 Å². The van der Waals surface area contributed by atoms with Crippen molar-refractivity contribution in [3.8, 4) is 5.75 Å². The summed E-state index contributed by atoms with van der Waals surface area (Å²) in [6.45, 7) is 1.06. The molecule has 0 saturated carbocycles. The normalized spacial score (nSPS) is 23.3. The molecule has 2 aromatic carbocycles. The summed E-state index contributed by atoms with van der Waals surface area (Å²) in [5.41, 5.74) is -0.0383. The van der Waals surface area contributed by atoms with Gasteiger partial charge in [0.15, 0.2) is 0 Å². The van der Waals surface area contributed by atoms with Crippen LogP contribution in [0.3, 0.4) is 0 Å². The molecule has 9 heteroatoms. The average Bonchev–Trinajstić information content (AvgIpc) is 3.17. The van der Waals surface area contributed by atoms with Gasteiger partial charge in [-0.05, 0) is 55.9 Å². The van der Waals surface area contributed by atoms with Crippen molar-refractivity contribution >= 4 is 21.6 Å². The molecule has 0 radical (unpaired) electrons. The van der Waals surface area contributed by atoms with E-state index in [4.69, 9.17) is 4.74 Å². The van der Waals surface area contributed by atoms with Gasteiger partial charge in [0.05, 0.1) is 24.1 Å². The van der Waals surface area contributed by atoms with E-state index in [1.54, 1.807) is 29.2 Å². The van der Waals surface area contributed by atoms with E-state index in [0.717, 1.165) is 0 Å². The number of carbonyl (C=O) groups excluding carboxylic acids is 1. The van der Waals surface area contributed by atoms with Gasteiger partial charge < -0.3 is 9.64 Å². The summed E-state index contributed by atoms with van der Waals surface area (Å²) >= 11 is 0. The molecule has 0 aliphatic carbocycles. The first-order valence-corrected chi connectivity index (χ1v) is 11.1. The van der Waals surface area contributed by atoms with E-state index in [2.05, 4.69) is 0 Å². The Kier molecular flexibility index (Phi) is 5.29. The Morgan fingerprint density at radius 1 is 1.10 bits per heavy atom. The van der Waals surface area contributed by atoms with Crippen molar-refractivity contribution in [3.63, 3.8) is 0 Å². The number of hydrogen-bond donors (Lipinski definition) is 0. The summed E-state index contributed by atoms with van der Waals surface area (Å²) in [6, 6.07) is 12.2. The second kappa shape index (κ2) is 7.64. The quantitative estimate of drug-likeness (QED) is 0.737. The van der Waals surface area contributed by atoms with Gasteiger partial charge in [0.1, 0.15) is 11.6 Å². The molecule has 0 bridgehead atoms. The van der Waals surface area contributed by atoms with Gasteiger partial charge in [-0.2, -0.15) is 4.31 Å². The van der Waals surface area contributed by atoms with E-state index in [1.807, 2.05) is 11.9 Å². The Balaban J connectivity index is 1.59. The molecule has 1 spiro atoms. The molecular formula is C21H24FN3O4S. The molecule has 2 fully saturated rings. The third-order valence-electron chi connectivity index (χ3n) is 6.05. The van der Waals surface area contributed by atoms with Crippen molar-refractivity contribution in [1.29, 1.82) is 0 Å². The number of methoxy groups -OCH3 is 1. The lowest BCUT2D eigenvalue weighted by molar-refractivity contribution is -0.123. The first-order chi connectivity index (χ1) is 14.2. The molecule has 2 heterocycles. The van der Waals surface area contributed by atoms with Gasteiger partial charge in [-0.15, -0.1) is 0 Å². The predicted octanol–water partition coefficient (Wildman–Crippen LogP) is 1.95. The van der Waals surface area contributed by atoms with E-state index >= 15 is 0 Å². The number of ether oxygens (including phenoxy) is 1. The smallest absolute Gasteiger partial charge is 0.243 e. The van der Waals surface area contributed by atoms with Gasteiger partial charge in [-0.3, -0.25) is 9.69 Å². The highest BCUT2D eigenvalue weighted by Gasteiger charge is 2.50. The molecule has 2 aliphatic rings. The van der Waals surface area contributed by atoms with Gasteiger partial charge in [-0.1, -0.05) is 6.07 Å². The zero-order valence-electron chi connectivity index (χ0n) is 16.9. The van der Waals surface area contributed by atoms with E-state index in [-0.39, 0.29) is 23.9 Å². The first-order valence-electron chi connectivity index (χ1n) is 9.67. The maximum atomic E-state index is 13.7. The van der Waals surface area contributed by atoms with Crippen molar-refractivity contribution in [3.05, 3.63) is 54.3 Å². The van der Waals surface area contributed by atoms with Crippen LogP contribution >= 0.6 is 0 Å². The third kappa shape index (κ3) is 3.57. The molecule has 2 aromatic rings. The molecule has 2 saturated heterocycles. The Hall–Kier alpha value is -2.49. The number of likely N-dealkylation sites (N-methyl/N-ethyl adjacent to an activating group) is 1. The number of halogens is 1. The largest absolute Gasteiger partial charge is 0.497 e. The summed E-state index contributed by atoms with van der Waals surface area (Å²) in [6.07, 6.45) is 0.581. The Morgan fingerprint density at radius 3 is 2.50 bits per heavy atom. The van der Waals surface area contributed by atoms with E-state index in [0.29, 0.717) is 30.9 Å². The first kappa shape index (κ1) is 20.8. The summed E-state index contributed by atoms with van der Waals surface area (Å²) in [5.74, 6) is 0.0386. The summed E-state index contributed by atoms with van der Waals surface area (Å²) < 4.78 is 46.6. The maximum absolute atomic E-state index is 13.7. The number of anilines is 1. The van der Waals surface area contributed by atoms with Gasteiger partial charge in [0.2, 0.25) is 15.9 Å². The molecule has 0 N–H and O–H groups in total. The SMILES string of the molecule is COc1ccc(S(=O)(=O)N2CCC3(CN(c4cccc(F)c4)C(=O)CN3C)C2)cc1. The lowest BCUT2D eigenvalue weighted by atomic mass is 9.92. The van der Waals surface area contributed by atoms with Crippen LogP contribution in [0.25, 0.3) is 0 Å². The Morgan fingerprint density at radius 2 is 1.83 bits per heavy atom. The second-order valence-electron chi connectivity index (χ2n) is 7.80. The fourth-order valence-electron chi connectivity index (χ4n) is 4.20. The Labute approximate surface area is 175 Å². The molecule has 0 aromatic heterocycles. The van der Waals surface area contributed by atoms with Crippen LogP contribution in [-0.4, -0.2) is 69.4 Å². The van der Waals surface area contributed by atoms with Gasteiger partial charge in [-0.25, -0.2) is 12.8 Å². The standard InChI is InChI=1S/C21H24FN3O4S/c1-23-13-20(26)25(17-5-3-4-16(22)12-17)15-21(23)10-11-24(14-21)30(27,28)19-8-6-18(29-2)7-9-19/h3-9,12H,10-11,13-15H2,1-2H3. The summed E-state index contributed by atoms with van der Waals surface area (Å²) in [5, 5.41) is 0. The number of hydrogen-bond acceptors (Lipinski definition) is 5. The van der Waals surface area contributed by atoms with Crippen LogP contribution in [0.2, 0.25) is 0 Å². The molecule has 30 heavy (non-hydrogen) atoms. The molecule has 4 rings (SSSR count). The van der Waals surface area contributed by atoms with Gasteiger partial charge in [0.25, 0.3) is 0 Å².